The highest BCUT2D eigenvalue weighted by Crippen LogP contribution is 2.29. The van der Waals surface area contributed by atoms with Gasteiger partial charge in [0.1, 0.15) is 0 Å². The second-order valence-electron chi connectivity index (χ2n) is 5.05. The zero-order valence-corrected chi connectivity index (χ0v) is 14.2. The number of ketones is 1. The van der Waals surface area contributed by atoms with Crippen LogP contribution in [0.5, 0.6) is 0 Å². The third-order valence-electron chi connectivity index (χ3n) is 3.23. The minimum atomic E-state index is -4.59. The number of alkyl halides is 3. The monoisotopic (exact) mass is 372 g/mol. The summed E-state index contributed by atoms with van der Waals surface area (Å²) in [5.74, 6) is -1.60. The number of thioether (sulfide) groups is 1. The lowest BCUT2D eigenvalue weighted by molar-refractivity contribution is -0.147. The predicted molar refractivity (Wildman–Crippen MR) is 86.4 cm³/mol. The van der Waals surface area contributed by atoms with E-state index in [1.807, 2.05) is 0 Å². The average molecular weight is 372 g/mol. The summed E-state index contributed by atoms with van der Waals surface area (Å²) in [6.07, 6.45) is -4.25. The van der Waals surface area contributed by atoms with E-state index in [0.29, 0.717) is 17.7 Å². The maximum Gasteiger partial charge on any atom is 0.451 e. The van der Waals surface area contributed by atoms with E-state index < -0.39 is 12.0 Å². The van der Waals surface area contributed by atoms with Crippen LogP contribution < -0.4 is 5.32 Å². The van der Waals surface area contributed by atoms with Gasteiger partial charge in [-0.05, 0) is 24.3 Å². The third-order valence-corrected chi connectivity index (χ3v) is 4.25. The molecular weight excluding hydrogens is 357 g/mol. The topological polar surface area (TPSA) is 76.9 Å². The smallest absolute Gasteiger partial charge is 0.326 e. The fourth-order valence-electron chi connectivity index (χ4n) is 1.89. The van der Waals surface area contributed by atoms with Gasteiger partial charge in [0.25, 0.3) is 0 Å². The first-order valence-corrected chi connectivity index (χ1v) is 8.23. The van der Waals surface area contributed by atoms with Crippen molar-refractivity contribution in [3.05, 3.63) is 35.7 Å². The molecule has 1 aromatic heterocycles. The van der Waals surface area contributed by atoms with E-state index >= 15 is 0 Å². The Balaban J connectivity index is 1.99. The molecule has 134 valence electrons. The Morgan fingerprint density at radius 3 is 2.36 bits per heavy atom. The second kappa shape index (κ2) is 7.68. The Bertz CT molecular complexity index is 772. The Labute approximate surface area is 145 Å². The number of carbonyl (C=O) groups excluding carboxylic acids is 2. The summed E-state index contributed by atoms with van der Waals surface area (Å²) in [6.45, 7) is 1.72. The largest absolute Gasteiger partial charge is 0.451 e. The summed E-state index contributed by atoms with van der Waals surface area (Å²) in [5, 5.41) is 9.22. The average Bonchev–Trinajstić information content (AvgIpc) is 2.94. The maximum atomic E-state index is 12.7. The van der Waals surface area contributed by atoms with Gasteiger partial charge in [-0.3, -0.25) is 9.59 Å². The number of carbonyl (C=O) groups is 2. The van der Waals surface area contributed by atoms with Crippen LogP contribution in [0.15, 0.2) is 29.4 Å². The molecular formula is C15H15F3N4O2S. The van der Waals surface area contributed by atoms with Crippen LogP contribution in [0.25, 0.3) is 0 Å². The highest BCUT2D eigenvalue weighted by atomic mass is 32.2. The number of benzene rings is 1. The van der Waals surface area contributed by atoms with Crippen LogP contribution in [-0.4, -0.2) is 32.2 Å². The normalized spacial score (nSPS) is 11.4. The molecule has 1 amide bonds. The molecule has 10 heteroatoms. The number of amides is 1. The zero-order chi connectivity index (χ0) is 18.6. The van der Waals surface area contributed by atoms with Gasteiger partial charge >= 0.3 is 6.18 Å². The fourth-order valence-corrected chi connectivity index (χ4v) is 2.70. The van der Waals surface area contributed by atoms with Gasteiger partial charge in [-0.1, -0.05) is 18.7 Å². The van der Waals surface area contributed by atoms with Gasteiger partial charge in [0.15, 0.2) is 10.9 Å². The molecule has 0 spiro atoms. The standard InChI is InChI=1S/C15H15F3N4O2S/c1-3-12(24)19-10-6-4-9(5-7-10)11(23)8-25-14-21-20-13(22(14)2)15(16,17)18/h4-7H,3,8H2,1-2H3,(H,19,24). The SMILES string of the molecule is CCC(=O)Nc1ccc(C(=O)CSc2nnc(C(F)(F)F)n2C)cc1. The van der Waals surface area contributed by atoms with Crippen molar-refractivity contribution in [2.45, 2.75) is 24.7 Å². The first kappa shape index (κ1) is 19.0. The van der Waals surface area contributed by atoms with Crippen LogP contribution in [0.3, 0.4) is 0 Å². The van der Waals surface area contributed by atoms with Gasteiger partial charge in [0, 0.05) is 24.7 Å². The second-order valence-corrected chi connectivity index (χ2v) is 6.00. The van der Waals surface area contributed by atoms with Gasteiger partial charge in [-0.15, -0.1) is 10.2 Å². The first-order chi connectivity index (χ1) is 11.7. The summed E-state index contributed by atoms with van der Waals surface area (Å²) in [5.41, 5.74) is 0.958. The van der Waals surface area contributed by atoms with Crippen molar-refractivity contribution in [3.63, 3.8) is 0 Å². The maximum absolute atomic E-state index is 12.7. The molecule has 0 aliphatic rings. The molecule has 1 heterocycles. The van der Waals surface area contributed by atoms with E-state index in [-0.39, 0.29) is 22.6 Å². The molecule has 0 radical (unpaired) electrons. The lowest BCUT2D eigenvalue weighted by atomic mass is 10.1. The van der Waals surface area contributed by atoms with Gasteiger partial charge in [0.05, 0.1) is 5.75 Å². The first-order valence-electron chi connectivity index (χ1n) is 7.25. The molecule has 0 saturated heterocycles. The minimum absolute atomic E-state index is 0.00695. The van der Waals surface area contributed by atoms with Crippen LogP contribution >= 0.6 is 11.8 Å². The summed E-state index contributed by atoms with van der Waals surface area (Å²) >= 11 is 0.875. The highest BCUT2D eigenvalue weighted by Gasteiger charge is 2.37. The Morgan fingerprint density at radius 2 is 1.84 bits per heavy atom. The molecule has 2 rings (SSSR count). The Hall–Kier alpha value is -2.36. The number of nitrogens with one attached hydrogen (secondary N) is 1. The van der Waals surface area contributed by atoms with Crippen molar-refractivity contribution in [2.24, 2.45) is 7.05 Å². The number of halogens is 3. The van der Waals surface area contributed by atoms with Crippen LogP contribution in [0.2, 0.25) is 0 Å². The summed E-state index contributed by atoms with van der Waals surface area (Å²) in [4.78, 5) is 23.4. The molecule has 0 fully saturated rings. The van der Waals surface area contributed by atoms with Crippen molar-refractivity contribution in [2.75, 3.05) is 11.1 Å². The van der Waals surface area contributed by atoms with E-state index in [9.17, 15) is 22.8 Å². The molecule has 0 aliphatic carbocycles. The molecule has 6 nitrogen and oxygen atoms in total. The van der Waals surface area contributed by atoms with Gasteiger partial charge < -0.3 is 9.88 Å². The molecule has 1 N–H and O–H groups in total. The molecule has 0 aliphatic heterocycles. The molecule has 0 atom stereocenters. The number of hydrogen-bond donors (Lipinski definition) is 1. The molecule has 2 aromatic rings. The van der Waals surface area contributed by atoms with E-state index in [2.05, 4.69) is 15.5 Å². The molecule has 1 aromatic carbocycles. The van der Waals surface area contributed by atoms with Crippen LogP contribution in [0.1, 0.15) is 29.5 Å². The molecule has 0 bridgehead atoms. The highest BCUT2D eigenvalue weighted by molar-refractivity contribution is 7.99. The number of aromatic nitrogens is 3. The minimum Gasteiger partial charge on any atom is -0.326 e. The number of hydrogen-bond acceptors (Lipinski definition) is 5. The van der Waals surface area contributed by atoms with Crippen LogP contribution in [0.4, 0.5) is 18.9 Å². The van der Waals surface area contributed by atoms with Crippen LogP contribution in [0, 0.1) is 0 Å². The van der Waals surface area contributed by atoms with Crippen molar-refractivity contribution in [1.29, 1.82) is 0 Å². The number of nitrogens with zero attached hydrogens (tertiary/aromatic N) is 3. The van der Waals surface area contributed by atoms with Gasteiger partial charge in [-0.2, -0.15) is 13.2 Å². The lowest BCUT2D eigenvalue weighted by Gasteiger charge is -2.07. The molecule has 25 heavy (non-hydrogen) atoms. The molecule has 0 saturated carbocycles. The Morgan fingerprint density at radius 1 is 1.20 bits per heavy atom. The van der Waals surface area contributed by atoms with Crippen molar-refractivity contribution < 1.29 is 22.8 Å². The van der Waals surface area contributed by atoms with E-state index in [4.69, 9.17) is 0 Å². The fraction of sp³-hybridized carbons (Fsp3) is 0.333. The Kier molecular flexibility index (Phi) is 5.83. The van der Waals surface area contributed by atoms with E-state index in [1.165, 1.54) is 7.05 Å². The van der Waals surface area contributed by atoms with E-state index in [0.717, 1.165) is 16.3 Å². The molecule has 0 unspecified atom stereocenters. The lowest BCUT2D eigenvalue weighted by Crippen LogP contribution is -2.13. The van der Waals surface area contributed by atoms with Gasteiger partial charge in [-0.25, -0.2) is 0 Å². The number of anilines is 1. The van der Waals surface area contributed by atoms with Crippen molar-refractivity contribution >= 4 is 29.1 Å². The van der Waals surface area contributed by atoms with Crippen molar-refractivity contribution in [1.82, 2.24) is 14.8 Å². The summed E-state index contributed by atoms with van der Waals surface area (Å²) in [6, 6.07) is 6.28. The summed E-state index contributed by atoms with van der Waals surface area (Å²) in [7, 11) is 1.20. The number of Topliss-reactive ketones (excluding diaryl/α,β-unsaturated/α-hetero) is 1. The third kappa shape index (κ3) is 4.81. The van der Waals surface area contributed by atoms with Gasteiger partial charge in [0.2, 0.25) is 11.7 Å². The predicted octanol–water partition coefficient (Wildman–Crippen LogP) is 3.16. The van der Waals surface area contributed by atoms with Crippen molar-refractivity contribution in [3.8, 4) is 0 Å². The zero-order valence-electron chi connectivity index (χ0n) is 13.4. The quantitative estimate of drug-likeness (QED) is 0.623. The summed E-state index contributed by atoms with van der Waals surface area (Å²) < 4.78 is 38.8. The van der Waals surface area contributed by atoms with Crippen LogP contribution in [-0.2, 0) is 18.0 Å². The van der Waals surface area contributed by atoms with E-state index in [1.54, 1.807) is 31.2 Å². The number of rotatable bonds is 6.